The molecule has 1 aliphatic heterocycles. The number of ether oxygens (including phenoxy) is 1. The topological polar surface area (TPSA) is 104 Å². The van der Waals surface area contributed by atoms with Gasteiger partial charge in [0.15, 0.2) is 5.92 Å². The molecule has 0 aliphatic carbocycles. The van der Waals surface area contributed by atoms with Gasteiger partial charge in [-0.05, 0) is 59.3 Å². The predicted molar refractivity (Wildman–Crippen MR) is 83.2 cm³/mol. The van der Waals surface area contributed by atoms with Gasteiger partial charge >= 0.3 is 18.0 Å². The highest BCUT2D eigenvalue weighted by Gasteiger charge is 2.31. The molecule has 0 bridgehead atoms. The molecule has 1 aliphatic rings. The normalized spacial score (nSPS) is 18.8. The first-order chi connectivity index (χ1) is 10.6. The zero-order valence-corrected chi connectivity index (χ0v) is 14.1. The molecule has 2 N–H and O–H groups in total. The summed E-state index contributed by atoms with van der Waals surface area (Å²) in [6.07, 6.45) is 3.53. The molecule has 1 unspecified atom stereocenters. The predicted octanol–water partition coefficient (Wildman–Crippen LogP) is 2.73. The van der Waals surface area contributed by atoms with Crippen LogP contribution in [0.2, 0.25) is 0 Å². The lowest BCUT2D eigenvalue weighted by atomic mass is 9.94. The fourth-order valence-electron chi connectivity index (χ4n) is 2.77. The monoisotopic (exact) mass is 329 g/mol. The summed E-state index contributed by atoms with van der Waals surface area (Å²) in [7, 11) is 0. The Morgan fingerprint density at radius 3 is 2.30 bits per heavy atom. The standard InChI is InChI=1S/C16H27NO6/c1-16(2,3)23-15(22)17-10-5-4-7-11(17)8-6-9-12(13(18)19)14(20)21/h11-12H,4-10H2,1-3H3,(H,18,19)(H,20,21). The van der Waals surface area contributed by atoms with Crippen molar-refractivity contribution in [2.24, 2.45) is 5.92 Å². The van der Waals surface area contributed by atoms with Crippen LogP contribution in [0.25, 0.3) is 0 Å². The highest BCUT2D eigenvalue weighted by molar-refractivity contribution is 5.92. The van der Waals surface area contributed by atoms with E-state index in [1.807, 2.05) is 20.8 Å². The van der Waals surface area contributed by atoms with Crippen LogP contribution in [0.4, 0.5) is 4.79 Å². The van der Waals surface area contributed by atoms with Crippen molar-refractivity contribution >= 4 is 18.0 Å². The summed E-state index contributed by atoms with van der Waals surface area (Å²) in [6.45, 7) is 6.07. The third-order valence-corrected chi connectivity index (χ3v) is 3.88. The number of hydrogen-bond acceptors (Lipinski definition) is 4. The number of hydrogen-bond donors (Lipinski definition) is 2. The van der Waals surface area contributed by atoms with E-state index in [1.165, 1.54) is 0 Å². The van der Waals surface area contributed by atoms with E-state index < -0.39 is 23.5 Å². The molecule has 0 aromatic rings. The van der Waals surface area contributed by atoms with Gasteiger partial charge in [0.05, 0.1) is 0 Å². The minimum absolute atomic E-state index is 0.0122. The van der Waals surface area contributed by atoms with Crippen molar-refractivity contribution in [3.05, 3.63) is 0 Å². The van der Waals surface area contributed by atoms with Crippen LogP contribution in [0.3, 0.4) is 0 Å². The van der Waals surface area contributed by atoms with E-state index >= 15 is 0 Å². The Kier molecular flexibility index (Phi) is 6.84. The van der Waals surface area contributed by atoms with Crippen molar-refractivity contribution in [2.45, 2.75) is 70.9 Å². The maximum absolute atomic E-state index is 12.3. The van der Waals surface area contributed by atoms with Gasteiger partial charge in [0.2, 0.25) is 0 Å². The summed E-state index contributed by atoms with van der Waals surface area (Å²) >= 11 is 0. The maximum atomic E-state index is 12.3. The Morgan fingerprint density at radius 2 is 1.78 bits per heavy atom. The minimum Gasteiger partial charge on any atom is -0.481 e. The van der Waals surface area contributed by atoms with E-state index in [0.717, 1.165) is 19.3 Å². The molecule has 132 valence electrons. The zero-order chi connectivity index (χ0) is 17.6. The summed E-state index contributed by atoms with van der Waals surface area (Å²) in [6, 6.07) is -0.0122. The average molecular weight is 329 g/mol. The minimum atomic E-state index is -1.38. The SMILES string of the molecule is CC(C)(C)OC(=O)N1CCCCC1CCCC(C(=O)O)C(=O)O. The molecule has 0 aromatic carbocycles. The lowest BCUT2D eigenvalue weighted by Crippen LogP contribution is -2.46. The lowest BCUT2D eigenvalue weighted by molar-refractivity contribution is -0.154. The van der Waals surface area contributed by atoms with Gasteiger partial charge in [0, 0.05) is 12.6 Å². The Labute approximate surface area is 136 Å². The van der Waals surface area contributed by atoms with Crippen LogP contribution in [-0.4, -0.2) is 51.3 Å². The van der Waals surface area contributed by atoms with Gasteiger partial charge in [-0.2, -0.15) is 0 Å². The third-order valence-electron chi connectivity index (χ3n) is 3.88. The van der Waals surface area contributed by atoms with E-state index in [9.17, 15) is 14.4 Å². The van der Waals surface area contributed by atoms with Crippen LogP contribution in [-0.2, 0) is 14.3 Å². The third kappa shape index (κ3) is 6.46. The zero-order valence-electron chi connectivity index (χ0n) is 14.1. The van der Waals surface area contributed by atoms with E-state index in [-0.39, 0.29) is 18.6 Å². The van der Waals surface area contributed by atoms with Crippen molar-refractivity contribution < 1.29 is 29.3 Å². The molecule has 1 fully saturated rings. The number of amides is 1. The van der Waals surface area contributed by atoms with Crippen molar-refractivity contribution in [3.63, 3.8) is 0 Å². The number of carboxylic acid groups (broad SMARTS) is 2. The lowest BCUT2D eigenvalue weighted by Gasteiger charge is -2.37. The molecule has 0 saturated carbocycles. The van der Waals surface area contributed by atoms with Crippen LogP contribution in [0.5, 0.6) is 0 Å². The number of rotatable bonds is 6. The number of likely N-dealkylation sites (tertiary alicyclic amines) is 1. The van der Waals surface area contributed by atoms with E-state index in [1.54, 1.807) is 4.90 Å². The first-order valence-corrected chi connectivity index (χ1v) is 8.07. The molecule has 1 saturated heterocycles. The Bertz CT molecular complexity index is 428. The summed E-state index contributed by atoms with van der Waals surface area (Å²) in [5.41, 5.74) is -0.559. The first kappa shape index (κ1) is 19.3. The van der Waals surface area contributed by atoms with Gasteiger partial charge in [-0.15, -0.1) is 0 Å². The maximum Gasteiger partial charge on any atom is 0.410 e. The van der Waals surface area contributed by atoms with E-state index in [0.29, 0.717) is 19.4 Å². The van der Waals surface area contributed by atoms with Gasteiger partial charge in [-0.1, -0.05) is 0 Å². The van der Waals surface area contributed by atoms with Gasteiger partial charge < -0.3 is 19.8 Å². The molecule has 7 heteroatoms. The average Bonchev–Trinajstić information content (AvgIpc) is 2.41. The Hall–Kier alpha value is -1.79. The molecule has 1 atom stereocenters. The fourth-order valence-corrected chi connectivity index (χ4v) is 2.77. The Balaban J connectivity index is 2.57. The van der Waals surface area contributed by atoms with E-state index in [4.69, 9.17) is 14.9 Å². The summed E-state index contributed by atoms with van der Waals surface area (Å²) in [4.78, 5) is 35.7. The fraction of sp³-hybridized carbons (Fsp3) is 0.812. The van der Waals surface area contributed by atoms with Crippen molar-refractivity contribution in [3.8, 4) is 0 Å². The molecular formula is C16H27NO6. The first-order valence-electron chi connectivity index (χ1n) is 8.07. The molecule has 23 heavy (non-hydrogen) atoms. The van der Waals surface area contributed by atoms with Crippen LogP contribution >= 0.6 is 0 Å². The molecule has 1 amide bonds. The number of nitrogens with zero attached hydrogens (tertiary/aromatic N) is 1. The number of carbonyl (C=O) groups excluding carboxylic acids is 1. The van der Waals surface area contributed by atoms with Crippen LogP contribution < -0.4 is 0 Å². The van der Waals surface area contributed by atoms with Gasteiger partial charge in [0.25, 0.3) is 0 Å². The Morgan fingerprint density at radius 1 is 1.17 bits per heavy atom. The summed E-state index contributed by atoms with van der Waals surface area (Å²) < 4.78 is 5.41. The smallest absolute Gasteiger partial charge is 0.410 e. The van der Waals surface area contributed by atoms with Crippen LogP contribution in [0, 0.1) is 5.92 Å². The number of carboxylic acids is 2. The molecule has 1 heterocycles. The number of aliphatic carboxylic acids is 2. The van der Waals surface area contributed by atoms with Crippen molar-refractivity contribution in [2.75, 3.05) is 6.54 Å². The number of piperidine rings is 1. The highest BCUT2D eigenvalue weighted by Crippen LogP contribution is 2.24. The molecule has 0 spiro atoms. The van der Waals surface area contributed by atoms with Crippen molar-refractivity contribution in [1.82, 2.24) is 4.90 Å². The quantitative estimate of drug-likeness (QED) is 0.726. The second kappa shape index (κ2) is 8.17. The van der Waals surface area contributed by atoms with Gasteiger partial charge in [-0.25, -0.2) is 4.79 Å². The van der Waals surface area contributed by atoms with Crippen LogP contribution in [0.1, 0.15) is 59.3 Å². The molecule has 1 rings (SSSR count). The second-order valence-electron chi connectivity index (χ2n) is 6.98. The highest BCUT2D eigenvalue weighted by atomic mass is 16.6. The molecular weight excluding hydrogens is 302 g/mol. The number of carbonyl (C=O) groups is 3. The second-order valence-corrected chi connectivity index (χ2v) is 6.98. The van der Waals surface area contributed by atoms with E-state index in [2.05, 4.69) is 0 Å². The summed E-state index contributed by atoms with van der Waals surface area (Å²) in [5.74, 6) is -4.01. The van der Waals surface area contributed by atoms with Gasteiger partial charge in [0.1, 0.15) is 5.60 Å². The summed E-state index contributed by atoms with van der Waals surface area (Å²) in [5, 5.41) is 17.8. The largest absolute Gasteiger partial charge is 0.481 e. The molecule has 0 radical (unpaired) electrons. The van der Waals surface area contributed by atoms with Crippen LogP contribution in [0.15, 0.2) is 0 Å². The molecule has 7 nitrogen and oxygen atoms in total. The van der Waals surface area contributed by atoms with Gasteiger partial charge in [-0.3, -0.25) is 9.59 Å². The van der Waals surface area contributed by atoms with Crippen molar-refractivity contribution in [1.29, 1.82) is 0 Å². The molecule has 0 aromatic heterocycles.